The van der Waals surface area contributed by atoms with Gasteiger partial charge < -0.3 is 9.47 Å². The first kappa shape index (κ1) is 18.1. The van der Waals surface area contributed by atoms with Gasteiger partial charge in [0.1, 0.15) is 0 Å². The highest BCUT2D eigenvalue weighted by molar-refractivity contribution is 6.17. The van der Waals surface area contributed by atoms with Crippen molar-refractivity contribution in [3.8, 4) is 0 Å². The summed E-state index contributed by atoms with van der Waals surface area (Å²) in [4.78, 5) is 0. The van der Waals surface area contributed by atoms with Crippen LogP contribution >= 0.6 is 0 Å². The monoisotopic (exact) mass is 304 g/mol. The molecular weight excluding hydrogens is 271 g/mol. The molecule has 0 aromatic heterocycles. The predicted octanol–water partition coefficient (Wildman–Crippen LogP) is 5.04. The Labute approximate surface area is 138 Å². The highest BCUT2D eigenvalue weighted by Crippen LogP contribution is 2.62. The second-order valence-electron chi connectivity index (χ2n) is 8.38. The summed E-state index contributed by atoms with van der Waals surface area (Å²) in [7, 11) is 6.97. The number of ether oxygens (including phenoxy) is 2. The van der Waals surface area contributed by atoms with Crippen molar-refractivity contribution in [3.05, 3.63) is 12.7 Å². The van der Waals surface area contributed by atoms with Crippen molar-refractivity contribution in [2.45, 2.75) is 96.0 Å². The standard InChI is InChI=1S/C19H33BO2/c1-8-14(2)17(5)19(7,20)18(6,22-16(3,4)21-17)15-12-10-9-11-13-15/h8,14-15H,1,9-13H2,2-7H3/t14-,17?,18?,19?/m1/s1. The summed E-state index contributed by atoms with van der Waals surface area (Å²) in [5.41, 5.74) is -0.913. The maximum atomic E-state index is 6.97. The molecule has 3 unspecified atom stereocenters. The molecule has 3 heteroatoms. The average molecular weight is 304 g/mol. The second kappa shape index (κ2) is 5.67. The Hall–Kier alpha value is -0.275. The molecule has 0 aromatic rings. The summed E-state index contributed by atoms with van der Waals surface area (Å²) in [6, 6.07) is 0. The topological polar surface area (TPSA) is 18.5 Å². The van der Waals surface area contributed by atoms with E-state index in [1.54, 1.807) is 0 Å². The Bertz CT molecular complexity index is 425. The molecule has 124 valence electrons. The maximum Gasteiger partial charge on any atom is 0.164 e. The van der Waals surface area contributed by atoms with Crippen LogP contribution in [0, 0.1) is 11.8 Å². The van der Waals surface area contributed by atoms with E-state index in [2.05, 4.69) is 34.3 Å². The molecule has 4 atom stereocenters. The van der Waals surface area contributed by atoms with Crippen LogP contribution in [0.15, 0.2) is 12.7 Å². The highest BCUT2D eigenvalue weighted by Gasteiger charge is 2.64. The Morgan fingerprint density at radius 2 is 1.59 bits per heavy atom. The predicted molar refractivity (Wildman–Crippen MR) is 93.1 cm³/mol. The SMILES string of the molecule is [B]C1(C)C(C)(C2CCCCC2)OC(C)(C)OC1(C)[C@H](C)C=C. The lowest BCUT2D eigenvalue weighted by atomic mass is 9.45. The molecule has 0 spiro atoms. The third-order valence-corrected chi connectivity index (χ3v) is 6.58. The van der Waals surface area contributed by atoms with Crippen molar-refractivity contribution < 1.29 is 9.47 Å². The van der Waals surface area contributed by atoms with Crippen LogP contribution in [0.4, 0.5) is 0 Å². The summed E-state index contributed by atoms with van der Waals surface area (Å²) < 4.78 is 12.9. The van der Waals surface area contributed by atoms with Crippen LogP contribution in [0.1, 0.15) is 73.6 Å². The van der Waals surface area contributed by atoms with Gasteiger partial charge in [0.2, 0.25) is 0 Å². The lowest BCUT2D eigenvalue weighted by molar-refractivity contribution is -0.390. The number of rotatable bonds is 3. The van der Waals surface area contributed by atoms with Gasteiger partial charge in [-0.1, -0.05) is 39.2 Å². The van der Waals surface area contributed by atoms with E-state index in [0.717, 1.165) is 0 Å². The van der Waals surface area contributed by atoms with Crippen molar-refractivity contribution in [2.24, 2.45) is 11.8 Å². The van der Waals surface area contributed by atoms with Crippen molar-refractivity contribution >= 4 is 7.85 Å². The zero-order valence-electron chi connectivity index (χ0n) is 15.4. The Kier molecular flexibility index (Phi) is 4.65. The first-order valence-electron chi connectivity index (χ1n) is 8.82. The van der Waals surface area contributed by atoms with Gasteiger partial charge in [-0.15, -0.1) is 6.58 Å². The lowest BCUT2D eigenvalue weighted by Gasteiger charge is -2.66. The summed E-state index contributed by atoms with van der Waals surface area (Å²) in [6.45, 7) is 16.6. The Morgan fingerprint density at radius 3 is 2.09 bits per heavy atom. The van der Waals surface area contributed by atoms with Crippen LogP contribution < -0.4 is 0 Å². The largest absolute Gasteiger partial charge is 0.344 e. The lowest BCUT2D eigenvalue weighted by Crippen LogP contribution is -2.69. The van der Waals surface area contributed by atoms with Crippen LogP contribution in [0.2, 0.25) is 5.31 Å². The van der Waals surface area contributed by atoms with E-state index >= 15 is 0 Å². The van der Waals surface area contributed by atoms with Gasteiger partial charge >= 0.3 is 0 Å². The minimum absolute atomic E-state index is 0.147. The fraction of sp³-hybridized carbons (Fsp3) is 0.895. The van der Waals surface area contributed by atoms with E-state index in [0.29, 0.717) is 5.92 Å². The van der Waals surface area contributed by atoms with Crippen molar-refractivity contribution in [3.63, 3.8) is 0 Å². The molecule has 2 fully saturated rings. The van der Waals surface area contributed by atoms with Crippen molar-refractivity contribution in [1.82, 2.24) is 0 Å². The van der Waals surface area contributed by atoms with Gasteiger partial charge in [-0.3, -0.25) is 0 Å². The van der Waals surface area contributed by atoms with Gasteiger partial charge in [0, 0.05) is 5.92 Å². The summed E-state index contributed by atoms with van der Waals surface area (Å²) in [5, 5.41) is -0.592. The van der Waals surface area contributed by atoms with Crippen LogP contribution in [0.3, 0.4) is 0 Å². The Balaban J connectivity index is 2.49. The van der Waals surface area contributed by atoms with E-state index < -0.39 is 22.3 Å². The fourth-order valence-electron chi connectivity index (χ4n) is 4.70. The van der Waals surface area contributed by atoms with Gasteiger partial charge in [-0.25, -0.2) is 0 Å². The van der Waals surface area contributed by atoms with Gasteiger partial charge in [-0.05, 0) is 51.8 Å². The molecule has 0 bridgehead atoms. The normalized spacial score (nSPS) is 44.5. The summed E-state index contributed by atoms with van der Waals surface area (Å²) in [5.74, 6) is -0.0127. The van der Waals surface area contributed by atoms with Gasteiger partial charge in [-0.2, -0.15) is 0 Å². The smallest absolute Gasteiger partial charge is 0.164 e. The van der Waals surface area contributed by atoms with Crippen molar-refractivity contribution in [2.75, 3.05) is 0 Å². The van der Waals surface area contributed by atoms with E-state index in [9.17, 15) is 0 Å². The van der Waals surface area contributed by atoms with Crippen LogP contribution in [0.5, 0.6) is 0 Å². The molecule has 2 aliphatic rings. The molecule has 1 saturated heterocycles. The van der Waals surface area contributed by atoms with E-state index in [-0.39, 0.29) is 5.92 Å². The van der Waals surface area contributed by atoms with Crippen LogP contribution in [0.25, 0.3) is 0 Å². The summed E-state index contributed by atoms with van der Waals surface area (Å²) >= 11 is 0. The molecule has 2 radical (unpaired) electrons. The molecule has 2 nitrogen and oxygen atoms in total. The maximum absolute atomic E-state index is 6.97. The molecule has 1 aliphatic carbocycles. The minimum Gasteiger partial charge on any atom is -0.344 e. The molecule has 0 N–H and O–H groups in total. The van der Waals surface area contributed by atoms with E-state index in [1.807, 2.05) is 19.9 Å². The first-order chi connectivity index (χ1) is 10.0. The van der Waals surface area contributed by atoms with E-state index in [4.69, 9.17) is 17.3 Å². The molecule has 2 rings (SSSR count). The van der Waals surface area contributed by atoms with Crippen LogP contribution in [-0.2, 0) is 9.47 Å². The molecular formula is C19H33BO2. The van der Waals surface area contributed by atoms with E-state index in [1.165, 1.54) is 32.1 Å². The molecule has 22 heavy (non-hydrogen) atoms. The quantitative estimate of drug-likeness (QED) is 0.537. The highest BCUT2D eigenvalue weighted by atomic mass is 16.7. The molecule has 0 aromatic carbocycles. The molecule has 1 aliphatic heterocycles. The molecule has 1 heterocycles. The van der Waals surface area contributed by atoms with Gasteiger partial charge in [0.15, 0.2) is 5.79 Å². The molecule has 0 amide bonds. The fourth-order valence-corrected chi connectivity index (χ4v) is 4.70. The second-order valence-corrected chi connectivity index (χ2v) is 8.38. The molecule has 1 saturated carbocycles. The first-order valence-corrected chi connectivity index (χ1v) is 8.82. The van der Waals surface area contributed by atoms with Gasteiger partial charge in [0.25, 0.3) is 0 Å². The third kappa shape index (κ3) is 2.58. The zero-order chi connectivity index (χ0) is 16.8. The van der Waals surface area contributed by atoms with Crippen LogP contribution in [-0.4, -0.2) is 24.8 Å². The zero-order valence-corrected chi connectivity index (χ0v) is 15.4. The van der Waals surface area contributed by atoms with Gasteiger partial charge in [0.05, 0.1) is 19.0 Å². The third-order valence-electron chi connectivity index (χ3n) is 6.58. The van der Waals surface area contributed by atoms with Crippen molar-refractivity contribution in [1.29, 1.82) is 0 Å². The average Bonchev–Trinajstić information content (AvgIpc) is 2.44. The Morgan fingerprint density at radius 1 is 1.05 bits per heavy atom. The summed E-state index contributed by atoms with van der Waals surface area (Å²) in [6.07, 6.45) is 8.21. The minimum atomic E-state index is -0.642. The number of hydrogen-bond donors (Lipinski definition) is 0. The number of hydrogen-bond acceptors (Lipinski definition) is 2.